The third-order valence-electron chi connectivity index (χ3n) is 5.10. The normalized spacial score (nSPS) is 16.8. The highest BCUT2D eigenvalue weighted by Crippen LogP contribution is 2.26. The number of hydrogen-bond donors (Lipinski definition) is 0. The minimum Gasteiger partial charge on any atom is -0.370 e. The maximum Gasteiger partial charge on any atom is 0.257 e. The molecule has 29 heavy (non-hydrogen) atoms. The van der Waals surface area contributed by atoms with Crippen molar-refractivity contribution in [3.8, 4) is 5.69 Å². The number of halogens is 2. The van der Waals surface area contributed by atoms with Crippen molar-refractivity contribution in [1.82, 2.24) is 14.7 Å². The Hall–Kier alpha value is -2.51. The minimum atomic E-state index is -0.303. The van der Waals surface area contributed by atoms with Gasteiger partial charge in [0, 0.05) is 11.0 Å². The molecule has 1 saturated heterocycles. The van der Waals surface area contributed by atoms with Gasteiger partial charge in [-0.1, -0.05) is 35.0 Å². The van der Waals surface area contributed by atoms with Crippen molar-refractivity contribution >= 4 is 21.8 Å². The fraction of sp³-hybridized carbons (Fsp3) is 0.273. The van der Waals surface area contributed by atoms with Gasteiger partial charge in [-0.05, 0) is 48.4 Å². The van der Waals surface area contributed by atoms with Crippen LogP contribution in [-0.2, 0) is 11.2 Å². The van der Waals surface area contributed by atoms with E-state index in [-0.39, 0.29) is 17.8 Å². The number of carbonyl (C=O) groups excluding carboxylic acids is 1. The SMILES string of the molecule is CCc1c(C(=O)N2CCOC(c3ccc(Br)cc3)C2)cnn1-c1ccc(F)cc1. The van der Waals surface area contributed by atoms with Gasteiger partial charge < -0.3 is 9.64 Å². The molecule has 7 heteroatoms. The zero-order valence-electron chi connectivity index (χ0n) is 16.0. The number of ether oxygens (including phenoxy) is 1. The number of morpholine rings is 1. The molecule has 2 aromatic carbocycles. The Kier molecular flexibility index (Phi) is 5.78. The molecule has 1 atom stereocenters. The molecule has 0 saturated carbocycles. The lowest BCUT2D eigenvalue weighted by Crippen LogP contribution is -2.42. The van der Waals surface area contributed by atoms with Gasteiger partial charge in [0.05, 0.1) is 36.3 Å². The van der Waals surface area contributed by atoms with Gasteiger partial charge >= 0.3 is 0 Å². The van der Waals surface area contributed by atoms with E-state index in [0.717, 1.165) is 21.4 Å². The van der Waals surface area contributed by atoms with E-state index in [1.807, 2.05) is 36.1 Å². The highest BCUT2D eigenvalue weighted by Gasteiger charge is 2.28. The van der Waals surface area contributed by atoms with Gasteiger partial charge in [0.1, 0.15) is 11.9 Å². The summed E-state index contributed by atoms with van der Waals surface area (Å²) >= 11 is 3.44. The van der Waals surface area contributed by atoms with Crippen LogP contribution in [0.5, 0.6) is 0 Å². The summed E-state index contributed by atoms with van der Waals surface area (Å²) in [5.74, 6) is -0.358. The molecule has 150 valence electrons. The van der Waals surface area contributed by atoms with Crippen molar-refractivity contribution in [1.29, 1.82) is 0 Å². The molecule has 1 aliphatic heterocycles. The molecular formula is C22H21BrFN3O2. The van der Waals surface area contributed by atoms with Crippen LogP contribution in [0.1, 0.15) is 34.6 Å². The average Bonchev–Trinajstić information content (AvgIpc) is 3.18. The van der Waals surface area contributed by atoms with E-state index in [4.69, 9.17) is 4.74 Å². The zero-order valence-corrected chi connectivity index (χ0v) is 17.6. The first-order chi connectivity index (χ1) is 14.1. The Balaban J connectivity index is 1.57. The Morgan fingerprint density at radius 1 is 1.21 bits per heavy atom. The monoisotopic (exact) mass is 457 g/mol. The summed E-state index contributed by atoms with van der Waals surface area (Å²) in [4.78, 5) is 15.1. The van der Waals surface area contributed by atoms with E-state index in [1.54, 1.807) is 23.0 Å². The fourth-order valence-electron chi connectivity index (χ4n) is 3.58. The van der Waals surface area contributed by atoms with Crippen LogP contribution in [0.4, 0.5) is 4.39 Å². The minimum absolute atomic E-state index is 0.0550. The molecule has 0 radical (unpaired) electrons. The van der Waals surface area contributed by atoms with Crippen LogP contribution >= 0.6 is 15.9 Å². The van der Waals surface area contributed by atoms with E-state index in [0.29, 0.717) is 31.7 Å². The van der Waals surface area contributed by atoms with Gasteiger partial charge in [-0.25, -0.2) is 9.07 Å². The first kappa shape index (κ1) is 19.8. The van der Waals surface area contributed by atoms with E-state index in [2.05, 4.69) is 21.0 Å². The molecule has 1 unspecified atom stereocenters. The van der Waals surface area contributed by atoms with E-state index < -0.39 is 0 Å². The van der Waals surface area contributed by atoms with Crippen LogP contribution < -0.4 is 0 Å². The van der Waals surface area contributed by atoms with Crippen LogP contribution in [-0.4, -0.2) is 40.3 Å². The molecule has 1 amide bonds. The summed E-state index contributed by atoms with van der Waals surface area (Å²) in [6.45, 7) is 3.50. The fourth-order valence-corrected chi connectivity index (χ4v) is 3.84. The molecule has 0 bridgehead atoms. The van der Waals surface area contributed by atoms with E-state index >= 15 is 0 Å². The van der Waals surface area contributed by atoms with Gasteiger partial charge in [0.15, 0.2) is 0 Å². The topological polar surface area (TPSA) is 47.4 Å². The van der Waals surface area contributed by atoms with Gasteiger partial charge in [0.25, 0.3) is 5.91 Å². The van der Waals surface area contributed by atoms with Crippen molar-refractivity contribution < 1.29 is 13.9 Å². The first-order valence-electron chi connectivity index (χ1n) is 9.56. The quantitative estimate of drug-likeness (QED) is 0.577. The zero-order chi connectivity index (χ0) is 20.4. The van der Waals surface area contributed by atoms with Crippen LogP contribution in [0, 0.1) is 5.82 Å². The number of benzene rings is 2. The summed E-state index contributed by atoms with van der Waals surface area (Å²) < 4.78 is 21.9. The number of carbonyl (C=O) groups is 1. The smallest absolute Gasteiger partial charge is 0.257 e. The molecule has 1 aliphatic rings. The first-order valence-corrected chi connectivity index (χ1v) is 10.3. The predicted octanol–water partition coefficient (Wildman–Crippen LogP) is 4.55. The molecular weight excluding hydrogens is 437 g/mol. The molecule has 0 N–H and O–H groups in total. The molecule has 3 aromatic rings. The van der Waals surface area contributed by atoms with Gasteiger partial charge in [-0.15, -0.1) is 0 Å². The number of amides is 1. The van der Waals surface area contributed by atoms with Crippen LogP contribution in [0.15, 0.2) is 59.2 Å². The third kappa shape index (κ3) is 4.11. The Morgan fingerprint density at radius 2 is 1.93 bits per heavy atom. The van der Waals surface area contributed by atoms with E-state index in [9.17, 15) is 9.18 Å². The molecule has 1 aromatic heterocycles. The predicted molar refractivity (Wildman–Crippen MR) is 112 cm³/mol. The second-order valence-corrected chi connectivity index (χ2v) is 7.82. The lowest BCUT2D eigenvalue weighted by Gasteiger charge is -2.33. The molecule has 0 aliphatic carbocycles. The lowest BCUT2D eigenvalue weighted by atomic mass is 10.1. The van der Waals surface area contributed by atoms with Crippen molar-refractivity contribution in [2.24, 2.45) is 0 Å². The van der Waals surface area contributed by atoms with E-state index in [1.165, 1.54) is 12.1 Å². The molecule has 4 rings (SSSR count). The highest BCUT2D eigenvalue weighted by atomic mass is 79.9. The number of aromatic nitrogens is 2. The van der Waals surface area contributed by atoms with Crippen molar-refractivity contribution in [2.75, 3.05) is 19.7 Å². The van der Waals surface area contributed by atoms with Crippen LogP contribution in [0.25, 0.3) is 5.69 Å². The largest absolute Gasteiger partial charge is 0.370 e. The molecule has 2 heterocycles. The van der Waals surface area contributed by atoms with Crippen molar-refractivity contribution in [3.05, 3.63) is 81.8 Å². The average molecular weight is 458 g/mol. The Labute approximate surface area is 177 Å². The standard InChI is InChI=1S/C22H21BrFN3O2/c1-2-20-19(13-25-27(20)18-9-7-17(24)8-10-18)22(28)26-11-12-29-21(14-26)15-3-5-16(23)6-4-15/h3-10,13,21H,2,11-12,14H2,1H3. The Bertz CT molecular complexity index is 1000. The summed E-state index contributed by atoms with van der Waals surface area (Å²) in [7, 11) is 0. The van der Waals surface area contributed by atoms with Gasteiger partial charge in [-0.3, -0.25) is 4.79 Å². The summed E-state index contributed by atoms with van der Waals surface area (Å²) in [6, 6.07) is 14.1. The summed E-state index contributed by atoms with van der Waals surface area (Å²) in [5, 5.41) is 4.40. The Morgan fingerprint density at radius 3 is 2.62 bits per heavy atom. The lowest BCUT2D eigenvalue weighted by molar-refractivity contribution is -0.0228. The van der Waals surface area contributed by atoms with Crippen molar-refractivity contribution in [2.45, 2.75) is 19.4 Å². The van der Waals surface area contributed by atoms with Gasteiger partial charge in [0.2, 0.25) is 0 Å². The number of rotatable bonds is 4. The second-order valence-electron chi connectivity index (χ2n) is 6.91. The number of nitrogens with zero attached hydrogens (tertiary/aromatic N) is 3. The summed E-state index contributed by atoms with van der Waals surface area (Å²) in [6.07, 6.45) is 2.09. The highest BCUT2D eigenvalue weighted by molar-refractivity contribution is 9.10. The number of hydrogen-bond acceptors (Lipinski definition) is 3. The second kappa shape index (κ2) is 8.47. The van der Waals surface area contributed by atoms with Crippen LogP contribution in [0.3, 0.4) is 0 Å². The molecule has 1 fully saturated rings. The third-order valence-corrected chi connectivity index (χ3v) is 5.63. The van der Waals surface area contributed by atoms with Crippen LogP contribution in [0.2, 0.25) is 0 Å². The molecule has 5 nitrogen and oxygen atoms in total. The van der Waals surface area contributed by atoms with Gasteiger partial charge in [-0.2, -0.15) is 5.10 Å². The maximum atomic E-state index is 13.3. The molecule has 0 spiro atoms. The maximum absolute atomic E-state index is 13.3. The summed E-state index contributed by atoms with van der Waals surface area (Å²) in [5.41, 5.74) is 3.17. The van der Waals surface area contributed by atoms with Crippen molar-refractivity contribution in [3.63, 3.8) is 0 Å².